The predicted octanol–water partition coefficient (Wildman–Crippen LogP) is 5.07. The third-order valence-corrected chi connectivity index (χ3v) is 3.78. The zero-order chi connectivity index (χ0) is 14.3. The van der Waals surface area contributed by atoms with Crippen molar-refractivity contribution in [3.63, 3.8) is 0 Å². The molecule has 2 nitrogen and oxygen atoms in total. The summed E-state index contributed by atoms with van der Waals surface area (Å²) in [5.41, 5.74) is 0. The number of amides is 1. The molecule has 0 spiro atoms. The van der Waals surface area contributed by atoms with E-state index in [1.165, 1.54) is 57.8 Å². The first-order chi connectivity index (χ1) is 9.26. The third-order valence-electron chi connectivity index (χ3n) is 3.78. The summed E-state index contributed by atoms with van der Waals surface area (Å²) in [5, 5.41) is 3.00. The maximum Gasteiger partial charge on any atom is 0.223 e. The molecule has 0 rings (SSSR count). The summed E-state index contributed by atoms with van der Waals surface area (Å²) < 4.78 is 0. The standard InChI is InChI=1S/C17H35NO/c1-4-7-9-11-13-15-16(17(19)18-6-3)14-12-10-8-5-2/h16H,4-15H2,1-3H3,(H,18,19). The van der Waals surface area contributed by atoms with Gasteiger partial charge in [-0.15, -0.1) is 0 Å². The summed E-state index contributed by atoms with van der Waals surface area (Å²) in [6, 6.07) is 0. The minimum atomic E-state index is 0.262. The molecule has 0 radical (unpaired) electrons. The number of nitrogens with one attached hydrogen (secondary N) is 1. The van der Waals surface area contributed by atoms with Crippen LogP contribution in [0.3, 0.4) is 0 Å². The molecule has 0 aliphatic rings. The molecule has 1 unspecified atom stereocenters. The fourth-order valence-electron chi connectivity index (χ4n) is 2.54. The lowest BCUT2D eigenvalue weighted by molar-refractivity contribution is -0.125. The molecule has 19 heavy (non-hydrogen) atoms. The van der Waals surface area contributed by atoms with Crippen molar-refractivity contribution in [2.45, 2.75) is 91.4 Å². The number of carbonyl (C=O) groups excluding carboxylic acids is 1. The number of rotatable bonds is 13. The lowest BCUT2D eigenvalue weighted by Crippen LogP contribution is -2.30. The lowest BCUT2D eigenvalue weighted by Gasteiger charge is -2.16. The minimum absolute atomic E-state index is 0.262. The van der Waals surface area contributed by atoms with Crippen LogP contribution in [0.2, 0.25) is 0 Å². The Hall–Kier alpha value is -0.530. The number of hydrogen-bond donors (Lipinski definition) is 1. The largest absolute Gasteiger partial charge is 0.356 e. The van der Waals surface area contributed by atoms with Crippen molar-refractivity contribution in [1.82, 2.24) is 5.32 Å². The molecular weight excluding hydrogens is 234 g/mol. The highest BCUT2D eigenvalue weighted by Gasteiger charge is 2.16. The Morgan fingerprint density at radius 2 is 1.26 bits per heavy atom. The molecule has 2 heteroatoms. The van der Waals surface area contributed by atoms with E-state index in [1.807, 2.05) is 6.92 Å². The Morgan fingerprint density at radius 3 is 1.74 bits per heavy atom. The van der Waals surface area contributed by atoms with Gasteiger partial charge in [0, 0.05) is 12.5 Å². The van der Waals surface area contributed by atoms with Gasteiger partial charge in [0.2, 0.25) is 5.91 Å². The van der Waals surface area contributed by atoms with Crippen LogP contribution in [0.4, 0.5) is 0 Å². The highest BCUT2D eigenvalue weighted by atomic mass is 16.1. The Labute approximate surface area is 120 Å². The van der Waals surface area contributed by atoms with E-state index in [0.717, 1.165) is 19.4 Å². The number of unbranched alkanes of at least 4 members (excludes halogenated alkanes) is 7. The molecule has 1 atom stereocenters. The molecule has 1 amide bonds. The van der Waals surface area contributed by atoms with Gasteiger partial charge in [0.1, 0.15) is 0 Å². The van der Waals surface area contributed by atoms with E-state index in [9.17, 15) is 4.79 Å². The molecule has 0 aromatic carbocycles. The van der Waals surface area contributed by atoms with E-state index >= 15 is 0 Å². The summed E-state index contributed by atoms with van der Waals surface area (Å²) in [6.45, 7) is 7.24. The van der Waals surface area contributed by atoms with Gasteiger partial charge in [-0.25, -0.2) is 0 Å². The average Bonchev–Trinajstić information content (AvgIpc) is 2.41. The van der Waals surface area contributed by atoms with Crippen LogP contribution in [-0.4, -0.2) is 12.5 Å². The number of hydrogen-bond acceptors (Lipinski definition) is 1. The molecule has 0 saturated carbocycles. The van der Waals surface area contributed by atoms with E-state index in [-0.39, 0.29) is 11.8 Å². The lowest BCUT2D eigenvalue weighted by atomic mass is 9.93. The smallest absolute Gasteiger partial charge is 0.223 e. The van der Waals surface area contributed by atoms with Crippen LogP contribution in [0.5, 0.6) is 0 Å². The van der Waals surface area contributed by atoms with Gasteiger partial charge in [0.15, 0.2) is 0 Å². The van der Waals surface area contributed by atoms with E-state index in [4.69, 9.17) is 0 Å². The first-order valence-electron chi connectivity index (χ1n) is 8.53. The molecule has 1 N–H and O–H groups in total. The first kappa shape index (κ1) is 18.5. The Bertz CT molecular complexity index is 203. The van der Waals surface area contributed by atoms with Gasteiger partial charge in [0.25, 0.3) is 0 Å². The fraction of sp³-hybridized carbons (Fsp3) is 0.941. The van der Waals surface area contributed by atoms with Crippen LogP contribution in [0, 0.1) is 5.92 Å². The van der Waals surface area contributed by atoms with Crippen LogP contribution in [0.1, 0.15) is 91.4 Å². The Morgan fingerprint density at radius 1 is 0.789 bits per heavy atom. The van der Waals surface area contributed by atoms with Gasteiger partial charge < -0.3 is 5.32 Å². The summed E-state index contributed by atoms with van der Waals surface area (Å²) in [5.74, 6) is 0.549. The van der Waals surface area contributed by atoms with E-state index < -0.39 is 0 Å². The van der Waals surface area contributed by atoms with Crippen molar-refractivity contribution in [3.8, 4) is 0 Å². The normalized spacial score (nSPS) is 12.4. The third kappa shape index (κ3) is 11.0. The second kappa shape index (κ2) is 13.9. The van der Waals surface area contributed by atoms with Crippen molar-refractivity contribution in [1.29, 1.82) is 0 Å². The molecule has 0 aromatic heterocycles. The Balaban J connectivity index is 3.86. The molecule has 0 aliphatic heterocycles. The van der Waals surface area contributed by atoms with Crippen LogP contribution in [0.25, 0.3) is 0 Å². The molecule has 114 valence electrons. The van der Waals surface area contributed by atoms with E-state index in [0.29, 0.717) is 0 Å². The maximum atomic E-state index is 12.0. The zero-order valence-electron chi connectivity index (χ0n) is 13.5. The van der Waals surface area contributed by atoms with Crippen LogP contribution >= 0.6 is 0 Å². The molecule has 0 saturated heterocycles. The topological polar surface area (TPSA) is 29.1 Å². The van der Waals surface area contributed by atoms with Gasteiger partial charge in [-0.3, -0.25) is 4.79 Å². The molecule has 0 aromatic rings. The monoisotopic (exact) mass is 269 g/mol. The molecule has 0 fully saturated rings. The van der Waals surface area contributed by atoms with Crippen molar-refractivity contribution in [2.75, 3.05) is 6.54 Å². The van der Waals surface area contributed by atoms with Crippen LogP contribution in [0.15, 0.2) is 0 Å². The summed E-state index contributed by atoms with van der Waals surface area (Å²) in [4.78, 5) is 12.0. The first-order valence-corrected chi connectivity index (χ1v) is 8.53. The van der Waals surface area contributed by atoms with E-state index in [2.05, 4.69) is 19.2 Å². The predicted molar refractivity (Wildman–Crippen MR) is 84.3 cm³/mol. The van der Waals surface area contributed by atoms with Gasteiger partial charge in [0.05, 0.1) is 0 Å². The van der Waals surface area contributed by atoms with Crippen molar-refractivity contribution >= 4 is 5.91 Å². The van der Waals surface area contributed by atoms with Crippen LogP contribution < -0.4 is 5.32 Å². The second-order valence-electron chi connectivity index (χ2n) is 5.64. The van der Waals surface area contributed by atoms with Crippen LogP contribution in [-0.2, 0) is 4.79 Å². The quantitative estimate of drug-likeness (QED) is 0.465. The zero-order valence-corrected chi connectivity index (χ0v) is 13.5. The van der Waals surface area contributed by atoms with Crippen molar-refractivity contribution in [3.05, 3.63) is 0 Å². The molecule has 0 aliphatic carbocycles. The van der Waals surface area contributed by atoms with Gasteiger partial charge in [-0.2, -0.15) is 0 Å². The van der Waals surface area contributed by atoms with Crippen molar-refractivity contribution in [2.24, 2.45) is 5.92 Å². The van der Waals surface area contributed by atoms with Gasteiger partial charge >= 0.3 is 0 Å². The van der Waals surface area contributed by atoms with E-state index in [1.54, 1.807) is 0 Å². The molecular formula is C17H35NO. The molecule has 0 bridgehead atoms. The Kier molecular flexibility index (Phi) is 13.5. The number of carbonyl (C=O) groups is 1. The summed E-state index contributed by atoms with van der Waals surface area (Å²) in [7, 11) is 0. The summed E-state index contributed by atoms with van der Waals surface area (Å²) >= 11 is 0. The maximum absolute atomic E-state index is 12.0. The average molecular weight is 269 g/mol. The highest BCUT2D eigenvalue weighted by molar-refractivity contribution is 5.78. The fourth-order valence-corrected chi connectivity index (χ4v) is 2.54. The highest BCUT2D eigenvalue weighted by Crippen LogP contribution is 2.18. The summed E-state index contributed by atoms with van der Waals surface area (Å²) in [6.07, 6.45) is 13.7. The van der Waals surface area contributed by atoms with Gasteiger partial charge in [-0.1, -0.05) is 71.6 Å². The van der Waals surface area contributed by atoms with Crippen molar-refractivity contribution < 1.29 is 4.79 Å². The molecule has 0 heterocycles. The minimum Gasteiger partial charge on any atom is -0.356 e. The SMILES string of the molecule is CCCCCCCC(CCCCCC)C(=O)NCC. The van der Waals surface area contributed by atoms with Gasteiger partial charge in [-0.05, 0) is 19.8 Å². The second-order valence-corrected chi connectivity index (χ2v) is 5.64.